The molecule has 1 aliphatic rings. The number of hydrogen-bond acceptors (Lipinski definition) is 5. The first-order valence-corrected chi connectivity index (χ1v) is 7.77. The largest absolute Gasteiger partial charge is 0.493 e. The first kappa shape index (κ1) is 17.4. The third-order valence-corrected chi connectivity index (χ3v) is 3.64. The van der Waals surface area contributed by atoms with Crippen molar-refractivity contribution in [2.45, 2.75) is 32.4 Å². The summed E-state index contributed by atoms with van der Waals surface area (Å²) in [5.74, 6) is 1.37. The molecule has 1 aromatic rings. The molecule has 1 aromatic carbocycles. The lowest BCUT2D eigenvalue weighted by atomic mass is 10.0. The van der Waals surface area contributed by atoms with Crippen molar-refractivity contribution < 1.29 is 19.0 Å². The van der Waals surface area contributed by atoms with Crippen LogP contribution < -0.4 is 14.8 Å². The van der Waals surface area contributed by atoms with Crippen molar-refractivity contribution in [2.24, 2.45) is 0 Å². The Morgan fingerprint density at radius 2 is 1.91 bits per heavy atom. The maximum Gasteiger partial charge on any atom is 0.410 e. The predicted octanol–water partition coefficient (Wildman–Crippen LogP) is 2.59. The summed E-state index contributed by atoms with van der Waals surface area (Å²) in [6.07, 6.45) is -0.274. The van der Waals surface area contributed by atoms with Gasteiger partial charge in [-0.15, -0.1) is 0 Å². The molecule has 0 radical (unpaired) electrons. The Hall–Kier alpha value is -1.95. The zero-order valence-corrected chi connectivity index (χ0v) is 14.5. The Kier molecular flexibility index (Phi) is 5.36. The van der Waals surface area contributed by atoms with Crippen molar-refractivity contribution >= 4 is 6.09 Å². The highest BCUT2D eigenvalue weighted by Gasteiger charge is 2.28. The molecule has 6 nitrogen and oxygen atoms in total. The fourth-order valence-electron chi connectivity index (χ4n) is 2.54. The lowest BCUT2D eigenvalue weighted by Gasteiger charge is -2.35. The normalized spacial score (nSPS) is 18.5. The summed E-state index contributed by atoms with van der Waals surface area (Å²) in [5.41, 5.74) is 0.566. The van der Waals surface area contributed by atoms with Gasteiger partial charge in [0.05, 0.1) is 20.3 Å². The zero-order chi connectivity index (χ0) is 17.0. The molecule has 1 atom stereocenters. The van der Waals surface area contributed by atoms with E-state index in [1.807, 2.05) is 39.0 Å². The van der Waals surface area contributed by atoms with Gasteiger partial charge in [-0.2, -0.15) is 0 Å². The van der Waals surface area contributed by atoms with Gasteiger partial charge in [0.1, 0.15) is 5.60 Å². The number of benzene rings is 1. The molecular formula is C17H26N2O4. The van der Waals surface area contributed by atoms with Crippen LogP contribution >= 0.6 is 0 Å². The fraction of sp³-hybridized carbons (Fsp3) is 0.588. The molecule has 2 rings (SSSR count). The minimum atomic E-state index is -0.485. The van der Waals surface area contributed by atoms with Gasteiger partial charge in [-0.25, -0.2) is 4.79 Å². The second-order valence-corrected chi connectivity index (χ2v) is 6.55. The number of nitrogens with zero attached hydrogens (tertiary/aromatic N) is 1. The minimum Gasteiger partial charge on any atom is -0.493 e. The molecule has 6 heteroatoms. The van der Waals surface area contributed by atoms with Crippen LogP contribution in [-0.2, 0) is 4.74 Å². The Morgan fingerprint density at radius 1 is 1.22 bits per heavy atom. The maximum absolute atomic E-state index is 12.2. The van der Waals surface area contributed by atoms with Crippen LogP contribution in [0.2, 0.25) is 0 Å². The van der Waals surface area contributed by atoms with Gasteiger partial charge in [0.25, 0.3) is 0 Å². The molecule has 0 saturated carbocycles. The van der Waals surface area contributed by atoms with Crippen LogP contribution in [0.5, 0.6) is 11.5 Å². The molecule has 1 unspecified atom stereocenters. The van der Waals surface area contributed by atoms with E-state index < -0.39 is 5.60 Å². The topological polar surface area (TPSA) is 60.0 Å². The standard InChI is InChI=1S/C17H26N2O4/c1-17(2,3)23-16(20)19-9-8-18-13(11-19)12-6-7-14(21-4)15(10-12)22-5/h6-7,10,13,18H,8-9,11H2,1-5H3. The van der Waals surface area contributed by atoms with Crippen molar-refractivity contribution in [3.05, 3.63) is 23.8 Å². The van der Waals surface area contributed by atoms with E-state index in [2.05, 4.69) is 5.32 Å². The van der Waals surface area contributed by atoms with Crippen molar-refractivity contribution in [1.29, 1.82) is 0 Å². The van der Waals surface area contributed by atoms with Crippen molar-refractivity contribution in [3.8, 4) is 11.5 Å². The smallest absolute Gasteiger partial charge is 0.410 e. The molecule has 128 valence electrons. The second-order valence-electron chi connectivity index (χ2n) is 6.55. The molecule has 1 amide bonds. The Balaban J connectivity index is 2.10. The van der Waals surface area contributed by atoms with Gasteiger partial charge in [-0.1, -0.05) is 6.07 Å². The summed E-state index contributed by atoms with van der Waals surface area (Å²) in [4.78, 5) is 14.0. The number of methoxy groups -OCH3 is 2. The number of ether oxygens (including phenoxy) is 3. The van der Waals surface area contributed by atoms with E-state index in [0.717, 1.165) is 12.1 Å². The highest BCUT2D eigenvalue weighted by molar-refractivity contribution is 5.68. The van der Waals surface area contributed by atoms with E-state index in [1.165, 1.54) is 0 Å². The van der Waals surface area contributed by atoms with Gasteiger partial charge in [0, 0.05) is 19.6 Å². The summed E-state index contributed by atoms with van der Waals surface area (Å²) in [5, 5.41) is 3.43. The van der Waals surface area contributed by atoms with Gasteiger partial charge in [-0.3, -0.25) is 0 Å². The van der Waals surface area contributed by atoms with E-state index in [4.69, 9.17) is 14.2 Å². The third kappa shape index (κ3) is 4.51. The Labute approximate surface area is 137 Å². The van der Waals surface area contributed by atoms with E-state index in [1.54, 1.807) is 19.1 Å². The molecule has 1 saturated heterocycles. The number of carbonyl (C=O) groups is 1. The first-order valence-electron chi connectivity index (χ1n) is 7.77. The van der Waals surface area contributed by atoms with Crippen LogP contribution in [0.1, 0.15) is 32.4 Å². The van der Waals surface area contributed by atoms with Crippen LogP contribution in [0, 0.1) is 0 Å². The summed E-state index contributed by atoms with van der Waals surface area (Å²) < 4.78 is 16.1. The summed E-state index contributed by atoms with van der Waals surface area (Å²) >= 11 is 0. The van der Waals surface area contributed by atoms with Crippen LogP contribution in [0.4, 0.5) is 4.79 Å². The molecule has 0 aromatic heterocycles. The van der Waals surface area contributed by atoms with Gasteiger partial charge in [0.2, 0.25) is 0 Å². The van der Waals surface area contributed by atoms with Crippen molar-refractivity contribution in [2.75, 3.05) is 33.9 Å². The Morgan fingerprint density at radius 3 is 2.52 bits per heavy atom. The van der Waals surface area contributed by atoms with Crippen LogP contribution in [-0.4, -0.2) is 50.4 Å². The van der Waals surface area contributed by atoms with Gasteiger partial charge in [0.15, 0.2) is 11.5 Å². The molecule has 0 aliphatic carbocycles. The van der Waals surface area contributed by atoms with Crippen LogP contribution in [0.15, 0.2) is 18.2 Å². The zero-order valence-electron chi connectivity index (χ0n) is 14.5. The Bertz CT molecular complexity index is 554. The number of nitrogens with one attached hydrogen (secondary N) is 1. The van der Waals surface area contributed by atoms with Crippen LogP contribution in [0.25, 0.3) is 0 Å². The van der Waals surface area contributed by atoms with E-state index in [-0.39, 0.29) is 12.1 Å². The third-order valence-electron chi connectivity index (χ3n) is 3.64. The molecule has 23 heavy (non-hydrogen) atoms. The number of amides is 1. The number of rotatable bonds is 3. The highest BCUT2D eigenvalue weighted by Crippen LogP contribution is 2.31. The molecule has 1 heterocycles. The van der Waals surface area contributed by atoms with Crippen LogP contribution in [0.3, 0.4) is 0 Å². The van der Waals surface area contributed by atoms with Crippen molar-refractivity contribution in [1.82, 2.24) is 10.2 Å². The van der Waals surface area contributed by atoms with E-state index in [0.29, 0.717) is 24.6 Å². The number of piperazine rings is 1. The second kappa shape index (κ2) is 7.08. The first-order chi connectivity index (χ1) is 10.8. The molecule has 0 bridgehead atoms. The fourth-order valence-corrected chi connectivity index (χ4v) is 2.54. The quantitative estimate of drug-likeness (QED) is 0.927. The lowest BCUT2D eigenvalue weighted by molar-refractivity contribution is 0.0195. The predicted molar refractivity (Wildman–Crippen MR) is 88.1 cm³/mol. The summed E-state index contributed by atoms with van der Waals surface area (Å²) in [6.45, 7) is 7.54. The average Bonchev–Trinajstić information content (AvgIpc) is 2.52. The van der Waals surface area contributed by atoms with E-state index >= 15 is 0 Å². The lowest BCUT2D eigenvalue weighted by Crippen LogP contribution is -2.49. The van der Waals surface area contributed by atoms with Crippen molar-refractivity contribution in [3.63, 3.8) is 0 Å². The minimum absolute atomic E-state index is 0.0380. The monoisotopic (exact) mass is 322 g/mol. The maximum atomic E-state index is 12.2. The molecule has 1 fully saturated rings. The molecular weight excluding hydrogens is 296 g/mol. The molecule has 1 aliphatic heterocycles. The van der Waals surface area contributed by atoms with Gasteiger partial charge < -0.3 is 24.4 Å². The summed E-state index contributed by atoms with van der Waals surface area (Å²) in [7, 11) is 3.23. The molecule has 0 spiro atoms. The SMILES string of the molecule is COc1ccc(C2CN(C(=O)OC(C)(C)C)CCN2)cc1OC. The number of carbonyl (C=O) groups excluding carboxylic acids is 1. The summed E-state index contributed by atoms with van der Waals surface area (Å²) in [6, 6.07) is 5.84. The molecule has 1 N–H and O–H groups in total. The number of hydrogen-bond donors (Lipinski definition) is 1. The average molecular weight is 322 g/mol. The van der Waals surface area contributed by atoms with E-state index in [9.17, 15) is 4.79 Å². The highest BCUT2D eigenvalue weighted by atomic mass is 16.6. The van der Waals surface area contributed by atoms with Gasteiger partial charge in [-0.05, 0) is 38.5 Å². The van der Waals surface area contributed by atoms with Gasteiger partial charge >= 0.3 is 6.09 Å².